The molecule has 0 radical (unpaired) electrons. The molecule has 1 atom stereocenters. The molecule has 32 heavy (non-hydrogen) atoms. The van der Waals surface area contributed by atoms with Crippen molar-refractivity contribution in [3.05, 3.63) is 64.8 Å². The lowest BCUT2D eigenvalue weighted by atomic mass is 10.0. The second kappa shape index (κ2) is 10.2. The van der Waals surface area contributed by atoms with Crippen LogP contribution in [0.1, 0.15) is 22.0 Å². The highest BCUT2D eigenvalue weighted by atomic mass is 35.5. The fraction of sp³-hybridized carbons (Fsp3) is 0.333. The topological polar surface area (TPSA) is 72.9 Å². The van der Waals surface area contributed by atoms with Crippen LogP contribution >= 0.6 is 11.6 Å². The maximum Gasteiger partial charge on any atom is 0.253 e. The number of fused-ring (bicyclic) bond motifs is 1. The fourth-order valence-electron chi connectivity index (χ4n) is 4.02. The summed E-state index contributed by atoms with van der Waals surface area (Å²) in [6.45, 7) is 3.27. The third-order valence-corrected chi connectivity index (χ3v) is 5.87. The predicted octanol–water partition coefficient (Wildman–Crippen LogP) is 3.71. The number of morpholine rings is 1. The standard InChI is InChI=1S/C24H26ClN3O4/c1-30-21-6-5-16(13-22(21)31-2)20(28-8-10-32-11-9-28)15-27-24(29)19-14-18(25)12-17-4-3-7-26-23(17)19/h3-7,12-14,20H,8-11,15H2,1-2H3,(H,27,29). The first kappa shape index (κ1) is 22.3. The molecule has 1 N–H and O–H groups in total. The van der Waals surface area contributed by atoms with Gasteiger partial charge >= 0.3 is 0 Å². The number of nitrogens with zero attached hydrogens (tertiary/aromatic N) is 2. The molecular weight excluding hydrogens is 430 g/mol. The van der Waals surface area contributed by atoms with E-state index in [2.05, 4.69) is 15.2 Å². The predicted molar refractivity (Wildman–Crippen MR) is 124 cm³/mol. The van der Waals surface area contributed by atoms with Gasteiger partial charge in [-0.15, -0.1) is 0 Å². The summed E-state index contributed by atoms with van der Waals surface area (Å²) in [5.41, 5.74) is 2.11. The number of hydrogen-bond acceptors (Lipinski definition) is 6. The van der Waals surface area contributed by atoms with Gasteiger partial charge in [0, 0.05) is 36.2 Å². The Kier molecular flexibility index (Phi) is 7.09. The molecule has 1 aliphatic rings. The number of methoxy groups -OCH3 is 2. The lowest BCUT2D eigenvalue weighted by Gasteiger charge is -2.35. The minimum atomic E-state index is -0.213. The number of carbonyl (C=O) groups excluding carboxylic acids is 1. The van der Waals surface area contributed by atoms with Gasteiger partial charge in [0.25, 0.3) is 5.91 Å². The average molecular weight is 456 g/mol. The summed E-state index contributed by atoms with van der Waals surface area (Å²) < 4.78 is 16.4. The lowest BCUT2D eigenvalue weighted by Crippen LogP contribution is -2.43. The van der Waals surface area contributed by atoms with E-state index >= 15 is 0 Å². The van der Waals surface area contributed by atoms with Gasteiger partial charge in [-0.1, -0.05) is 23.7 Å². The van der Waals surface area contributed by atoms with Crippen LogP contribution in [-0.4, -0.2) is 62.9 Å². The van der Waals surface area contributed by atoms with Gasteiger partial charge < -0.3 is 19.5 Å². The van der Waals surface area contributed by atoms with Crippen molar-refractivity contribution >= 4 is 28.4 Å². The zero-order chi connectivity index (χ0) is 22.5. The first-order valence-electron chi connectivity index (χ1n) is 10.5. The SMILES string of the molecule is COc1ccc(C(CNC(=O)c2cc(Cl)cc3cccnc23)N2CCOCC2)cc1OC. The van der Waals surface area contributed by atoms with E-state index in [0.29, 0.717) is 47.4 Å². The minimum absolute atomic E-state index is 0.0546. The quantitative estimate of drug-likeness (QED) is 0.585. The first-order chi connectivity index (χ1) is 15.6. The molecule has 1 fully saturated rings. The number of ether oxygens (including phenoxy) is 3. The van der Waals surface area contributed by atoms with Gasteiger partial charge in [0.05, 0.1) is 44.6 Å². The van der Waals surface area contributed by atoms with Crippen molar-refractivity contribution in [1.29, 1.82) is 0 Å². The molecule has 4 rings (SSSR count). The van der Waals surface area contributed by atoms with Crippen LogP contribution in [0.5, 0.6) is 11.5 Å². The molecular formula is C24H26ClN3O4. The number of amides is 1. The Labute approximate surface area is 192 Å². The summed E-state index contributed by atoms with van der Waals surface area (Å²) in [7, 11) is 3.23. The molecule has 0 saturated carbocycles. The lowest BCUT2D eigenvalue weighted by molar-refractivity contribution is 0.0162. The number of nitrogens with one attached hydrogen (secondary N) is 1. The van der Waals surface area contributed by atoms with Crippen LogP contribution in [0.25, 0.3) is 10.9 Å². The second-order valence-electron chi connectivity index (χ2n) is 7.52. The Balaban J connectivity index is 1.60. The van der Waals surface area contributed by atoms with Crippen LogP contribution in [0.3, 0.4) is 0 Å². The van der Waals surface area contributed by atoms with Gasteiger partial charge in [-0.25, -0.2) is 0 Å². The van der Waals surface area contributed by atoms with E-state index in [9.17, 15) is 4.79 Å². The van der Waals surface area contributed by atoms with Gasteiger partial charge in [-0.3, -0.25) is 14.7 Å². The van der Waals surface area contributed by atoms with Crippen molar-refractivity contribution in [2.75, 3.05) is 47.1 Å². The summed E-state index contributed by atoms with van der Waals surface area (Å²) in [6.07, 6.45) is 1.67. The Morgan fingerprint density at radius 2 is 1.94 bits per heavy atom. The van der Waals surface area contributed by atoms with Gasteiger partial charge in [-0.2, -0.15) is 0 Å². The monoisotopic (exact) mass is 455 g/mol. The van der Waals surface area contributed by atoms with Crippen LogP contribution in [0, 0.1) is 0 Å². The van der Waals surface area contributed by atoms with Crippen molar-refractivity contribution in [2.24, 2.45) is 0 Å². The smallest absolute Gasteiger partial charge is 0.253 e. The Morgan fingerprint density at radius 3 is 2.69 bits per heavy atom. The molecule has 0 bridgehead atoms. The number of rotatable bonds is 7. The summed E-state index contributed by atoms with van der Waals surface area (Å²) in [6, 6.07) is 13.0. The van der Waals surface area contributed by atoms with Crippen LogP contribution < -0.4 is 14.8 Å². The van der Waals surface area contributed by atoms with E-state index < -0.39 is 0 Å². The number of benzene rings is 2. The molecule has 1 unspecified atom stereocenters. The van der Waals surface area contributed by atoms with E-state index in [1.54, 1.807) is 32.5 Å². The molecule has 0 spiro atoms. The van der Waals surface area contributed by atoms with Crippen LogP contribution in [-0.2, 0) is 4.74 Å². The molecule has 3 aromatic rings. The molecule has 2 heterocycles. The highest BCUT2D eigenvalue weighted by Crippen LogP contribution is 2.32. The summed E-state index contributed by atoms with van der Waals surface area (Å²) in [4.78, 5) is 19.8. The largest absolute Gasteiger partial charge is 0.493 e. The maximum atomic E-state index is 13.2. The Bertz CT molecular complexity index is 1100. The molecule has 8 heteroatoms. The van der Waals surface area contributed by atoms with Crippen LogP contribution in [0.4, 0.5) is 0 Å². The highest BCUT2D eigenvalue weighted by molar-refractivity contribution is 6.32. The van der Waals surface area contributed by atoms with E-state index in [4.69, 9.17) is 25.8 Å². The number of pyridine rings is 1. The first-order valence-corrected chi connectivity index (χ1v) is 10.8. The van der Waals surface area contributed by atoms with E-state index in [0.717, 1.165) is 24.0 Å². The minimum Gasteiger partial charge on any atom is -0.493 e. The molecule has 1 amide bonds. The van der Waals surface area contributed by atoms with E-state index in [1.165, 1.54) is 0 Å². The molecule has 1 aliphatic heterocycles. The van der Waals surface area contributed by atoms with Gasteiger partial charge in [0.1, 0.15) is 0 Å². The van der Waals surface area contributed by atoms with Crippen molar-refractivity contribution in [1.82, 2.24) is 15.2 Å². The molecule has 168 valence electrons. The van der Waals surface area contributed by atoms with Crippen molar-refractivity contribution < 1.29 is 19.0 Å². The average Bonchev–Trinajstić information content (AvgIpc) is 2.84. The maximum absolute atomic E-state index is 13.2. The van der Waals surface area contributed by atoms with Crippen LogP contribution in [0.15, 0.2) is 48.7 Å². The summed E-state index contributed by atoms with van der Waals surface area (Å²) in [5.74, 6) is 1.10. The molecule has 7 nitrogen and oxygen atoms in total. The van der Waals surface area contributed by atoms with E-state index in [1.807, 2.05) is 30.3 Å². The zero-order valence-corrected chi connectivity index (χ0v) is 18.9. The van der Waals surface area contributed by atoms with Gasteiger partial charge in [0.2, 0.25) is 0 Å². The zero-order valence-electron chi connectivity index (χ0n) is 18.1. The third kappa shape index (κ3) is 4.80. The van der Waals surface area contributed by atoms with Gasteiger partial charge in [0.15, 0.2) is 11.5 Å². The second-order valence-corrected chi connectivity index (χ2v) is 7.95. The number of aromatic nitrogens is 1. The van der Waals surface area contributed by atoms with Crippen molar-refractivity contribution in [3.8, 4) is 11.5 Å². The number of hydrogen-bond donors (Lipinski definition) is 1. The normalized spacial score (nSPS) is 15.3. The molecule has 0 aliphatic carbocycles. The van der Waals surface area contributed by atoms with Gasteiger partial charge in [-0.05, 0) is 35.9 Å². The number of halogens is 1. The van der Waals surface area contributed by atoms with Crippen molar-refractivity contribution in [3.63, 3.8) is 0 Å². The third-order valence-electron chi connectivity index (χ3n) is 5.65. The summed E-state index contributed by atoms with van der Waals surface area (Å²) in [5, 5.41) is 4.42. The highest BCUT2D eigenvalue weighted by Gasteiger charge is 2.25. The molecule has 2 aromatic carbocycles. The van der Waals surface area contributed by atoms with Crippen LogP contribution in [0.2, 0.25) is 5.02 Å². The Hall–Kier alpha value is -2.87. The molecule has 1 aromatic heterocycles. The molecule has 1 saturated heterocycles. The Morgan fingerprint density at radius 1 is 1.16 bits per heavy atom. The number of carbonyl (C=O) groups is 1. The fourth-order valence-corrected chi connectivity index (χ4v) is 4.25. The van der Waals surface area contributed by atoms with E-state index in [-0.39, 0.29) is 11.9 Å². The summed E-state index contributed by atoms with van der Waals surface area (Å²) >= 11 is 6.25. The van der Waals surface area contributed by atoms with Crippen molar-refractivity contribution in [2.45, 2.75) is 6.04 Å².